The van der Waals surface area contributed by atoms with Crippen LogP contribution in [0.1, 0.15) is 52.4 Å². The summed E-state index contributed by atoms with van der Waals surface area (Å²) in [5.74, 6) is 0. The summed E-state index contributed by atoms with van der Waals surface area (Å²) in [4.78, 5) is 9.39. The summed E-state index contributed by atoms with van der Waals surface area (Å²) in [7, 11) is -3.89. The molecule has 0 fully saturated rings. The minimum atomic E-state index is -3.89. The van der Waals surface area contributed by atoms with E-state index in [0.29, 0.717) is 12.8 Å². The number of halogens is 2. The molecule has 2 atom stereocenters. The van der Waals surface area contributed by atoms with E-state index in [1.165, 1.54) is 0 Å². The molecule has 0 aromatic rings. The molecule has 0 bridgehead atoms. The SMILES string of the molecule is CC(Cl)CCCCOP(=O)(O)OCCCCC(C)Cl. The molecule has 116 valence electrons. The molecule has 0 amide bonds. The first-order chi connectivity index (χ1) is 8.83. The minimum Gasteiger partial charge on any atom is -0.302 e. The lowest BCUT2D eigenvalue weighted by molar-refractivity contribution is 0.145. The van der Waals surface area contributed by atoms with Crippen LogP contribution in [-0.2, 0) is 13.6 Å². The van der Waals surface area contributed by atoms with E-state index in [2.05, 4.69) is 0 Å². The molecule has 0 aliphatic carbocycles. The van der Waals surface area contributed by atoms with Gasteiger partial charge in [0.05, 0.1) is 13.2 Å². The second-order valence-corrected chi connectivity index (χ2v) is 7.63. The van der Waals surface area contributed by atoms with Crippen LogP contribution >= 0.6 is 31.0 Å². The highest BCUT2D eigenvalue weighted by molar-refractivity contribution is 7.47. The van der Waals surface area contributed by atoms with Crippen LogP contribution in [0.25, 0.3) is 0 Å². The fraction of sp³-hybridized carbons (Fsp3) is 1.00. The van der Waals surface area contributed by atoms with Gasteiger partial charge in [-0.15, -0.1) is 23.2 Å². The number of unbranched alkanes of at least 4 members (excludes halogenated alkanes) is 2. The third kappa shape index (κ3) is 14.9. The number of phosphoric acid groups is 1. The first-order valence-corrected chi connectivity index (χ1v) is 9.10. The Balaban J connectivity index is 3.50. The molecule has 19 heavy (non-hydrogen) atoms. The maximum Gasteiger partial charge on any atom is 0.472 e. The zero-order chi connectivity index (χ0) is 14.7. The van der Waals surface area contributed by atoms with E-state index in [1.807, 2.05) is 13.8 Å². The van der Waals surface area contributed by atoms with Crippen molar-refractivity contribution in [1.82, 2.24) is 0 Å². The smallest absolute Gasteiger partial charge is 0.302 e. The number of phosphoric ester groups is 1. The standard InChI is InChI=1S/C12H25Cl2O4P/c1-11(13)7-3-5-9-17-19(15,16)18-10-6-4-8-12(2)14/h11-12H,3-10H2,1-2H3,(H,15,16). The summed E-state index contributed by atoms with van der Waals surface area (Å²) in [5, 5.41) is 0.253. The van der Waals surface area contributed by atoms with Crippen LogP contribution in [-0.4, -0.2) is 28.9 Å². The van der Waals surface area contributed by atoms with Crippen molar-refractivity contribution in [3.63, 3.8) is 0 Å². The molecule has 7 heteroatoms. The molecule has 0 rings (SSSR count). The van der Waals surface area contributed by atoms with Gasteiger partial charge in [0.25, 0.3) is 0 Å². The average Bonchev–Trinajstić information content (AvgIpc) is 2.27. The van der Waals surface area contributed by atoms with Crippen LogP contribution in [0.3, 0.4) is 0 Å². The second kappa shape index (κ2) is 11.4. The van der Waals surface area contributed by atoms with E-state index < -0.39 is 7.82 Å². The molecule has 0 saturated carbocycles. The Morgan fingerprint density at radius 3 is 1.63 bits per heavy atom. The monoisotopic (exact) mass is 334 g/mol. The predicted molar refractivity (Wildman–Crippen MR) is 80.1 cm³/mol. The number of hydrogen-bond donors (Lipinski definition) is 1. The first kappa shape index (κ1) is 19.7. The molecule has 2 unspecified atom stereocenters. The Kier molecular flexibility index (Phi) is 11.8. The molecule has 0 aliphatic heterocycles. The van der Waals surface area contributed by atoms with Crippen molar-refractivity contribution in [2.45, 2.75) is 63.1 Å². The highest BCUT2D eigenvalue weighted by Gasteiger charge is 2.20. The van der Waals surface area contributed by atoms with E-state index in [9.17, 15) is 9.46 Å². The summed E-state index contributed by atoms with van der Waals surface area (Å²) < 4.78 is 21.2. The van der Waals surface area contributed by atoms with Gasteiger partial charge in [0.2, 0.25) is 0 Å². The van der Waals surface area contributed by atoms with E-state index in [0.717, 1.165) is 25.7 Å². The van der Waals surface area contributed by atoms with E-state index in [-0.39, 0.29) is 24.0 Å². The van der Waals surface area contributed by atoms with Crippen molar-refractivity contribution in [2.24, 2.45) is 0 Å². The first-order valence-electron chi connectivity index (χ1n) is 6.73. The summed E-state index contributed by atoms with van der Waals surface area (Å²) in [6.07, 6.45) is 4.90. The summed E-state index contributed by atoms with van der Waals surface area (Å²) >= 11 is 11.6. The summed E-state index contributed by atoms with van der Waals surface area (Å²) in [5.41, 5.74) is 0. The zero-order valence-corrected chi connectivity index (χ0v) is 14.1. The number of alkyl halides is 2. The van der Waals surface area contributed by atoms with Crippen LogP contribution in [0.15, 0.2) is 0 Å². The van der Waals surface area contributed by atoms with Gasteiger partial charge in [-0.2, -0.15) is 0 Å². The molecule has 0 spiro atoms. The fourth-order valence-corrected chi connectivity index (χ4v) is 2.56. The lowest BCUT2D eigenvalue weighted by Gasteiger charge is -2.12. The lowest BCUT2D eigenvalue weighted by Crippen LogP contribution is -2.00. The maximum absolute atomic E-state index is 11.5. The Bertz CT molecular complexity index is 240. The van der Waals surface area contributed by atoms with Crippen LogP contribution in [0.5, 0.6) is 0 Å². The van der Waals surface area contributed by atoms with Crippen molar-refractivity contribution in [1.29, 1.82) is 0 Å². The molecule has 0 saturated heterocycles. The molecule has 0 radical (unpaired) electrons. The van der Waals surface area contributed by atoms with E-state index in [1.54, 1.807) is 0 Å². The van der Waals surface area contributed by atoms with Gasteiger partial charge < -0.3 is 4.89 Å². The van der Waals surface area contributed by atoms with Crippen molar-refractivity contribution >= 4 is 31.0 Å². The van der Waals surface area contributed by atoms with Crippen LogP contribution in [0.2, 0.25) is 0 Å². The van der Waals surface area contributed by atoms with Crippen LogP contribution in [0, 0.1) is 0 Å². The highest BCUT2D eigenvalue weighted by atomic mass is 35.5. The van der Waals surface area contributed by atoms with Gasteiger partial charge in [0.15, 0.2) is 0 Å². The lowest BCUT2D eigenvalue weighted by atomic mass is 10.2. The van der Waals surface area contributed by atoms with Crippen molar-refractivity contribution < 1.29 is 18.5 Å². The Hall–Kier alpha value is 0.690. The van der Waals surface area contributed by atoms with Gasteiger partial charge in [-0.1, -0.05) is 0 Å². The Morgan fingerprint density at radius 2 is 1.32 bits per heavy atom. The molecule has 0 aromatic heterocycles. The topological polar surface area (TPSA) is 55.8 Å². The minimum absolute atomic E-state index is 0.126. The molecule has 0 aliphatic rings. The number of hydrogen-bond acceptors (Lipinski definition) is 3. The third-order valence-electron chi connectivity index (χ3n) is 2.50. The van der Waals surface area contributed by atoms with Crippen LogP contribution in [0.4, 0.5) is 0 Å². The van der Waals surface area contributed by atoms with Gasteiger partial charge in [0.1, 0.15) is 0 Å². The van der Waals surface area contributed by atoms with E-state index in [4.69, 9.17) is 32.2 Å². The zero-order valence-electron chi connectivity index (χ0n) is 11.7. The molecular weight excluding hydrogens is 310 g/mol. The van der Waals surface area contributed by atoms with Crippen LogP contribution < -0.4 is 0 Å². The highest BCUT2D eigenvalue weighted by Crippen LogP contribution is 2.43. The van der Waals surface area contributed by atoms with E-state index >= 15 is 0 Å². The van der Waals surface area contributed by atoms with Gasteiger partial charge in [-0.05, 0) is 52.4 Å². The van der Waals surface area contributed by atoms with Crippen molar-refractivity contribution in [2.75, 3.05) is 13.2 Å². The molecule has 0 heterocycles. The molecule has 0 aromatic carbocycles. The largest absolute Gasteiger partial charge is 0.472 e. The molecule has 4 nitrogen and oxygen atoms in total. The normalized spacial score (nSPS) is 17.9. The second-order valence-electron chi connectivity index (χ2n) is 4.69. The fourth-order valence-electron chi connectivity index (χ4n) is 1.45. The quantitative estimate of drug-likeness (QED) is 0.319. The van der Waals surface area contributed by atoms with Gasteiger partial charge in [0, 0.05) is 10.8 Å². The van der Waals surface area contributed by atoms with Crippen molar-refractivity contribution in [3.8, 4) is 0 Å². The summed E-state index contributed by atoms with van der Waals surface area (Å²) in [6, 6.07) is 0. The average molecular weight is 335 g/mol. The Labute approximate surface area is 126 Å². The van der Waals surface area contributed by atoms with Gasteiger partial charge >= 0.3 is 7.82 Å². The predicted octanol–water partition coefficient (Wildman–Crippen LogP) is 4.72. The Morgan fingerprint density at radius 1 is 0.947 bits per heavy atom. The molecular formula is C12H25Cl2O4P. The third-order valence-corrected chi connectivity index (χ3v) is 3.96. The number of rotatable bonds is 12. The molecule has 1 N–H and O–H groups in total. The summed E-state index contributed by atoms with van der Waals surface area (Å²) in [6.45, 7) is 4.28. The van der Waals surface area contributed by atoms with Crippen molar-refractivity contribution in [3.05, 3.63) is 0 Å². The van der Waals surface area contributed by atoms with Gasteiger partial charge in [-0.25, -0.2) is 4.57 Å². The maximum atomic E-state index is 11.5. The van der Waals surface area contributed by atoms with Gasteiger partial charge in [-0.3, -0.25) is 9.05 Å².